The zero-order valence-corrected chi connectivity index (χ0v) is 18.3. The zero-order chi connectivity index (χ0) is 21.3. The summed E-state index contributed by atoms with van der Waals surface area (Å²) in [4.78, 5) is 21.4. The molecule has 0 aromatic carbocycles. The molecule has 4 heterocycles. The van der Waals surface area contributed by atoms with Gasteiger partial charge in [-0.1, -0.05) is 13.0 Å². The first-order valence-corrected chi connectivity index (χ1v) is 10.7. The second-order valence-corrected chi connectivity index (χ2v) is 8.72. The van der Waals surface area contributed by atoms with Crippen molar-refractivity contribution < 1.29 is 14.3 Å². The van der Waals surface area contributed by atoms with Crippen LogP contribution in [0.2, 0.25) is 0 Å². The number of rotatable bonds is 3. The van der Waals surface area contributed by atoms with Gasteiger partial charge < -0.3 is 19.3 Å². The average Bonchev–Trinajstić information content (AvgIpc) is 3.12. The summed E-state index contributed by atoms with van der Waals surface area (Å²) in [7, 11) is 0. The molecule has 0 aliphatic carbocycles. The van der Waals surface area contributed by atoms with Gasteiger partial charge in [-0.2, -0.15) is 5.10 Å². The summed E-state index contributed by atoms with van der Waals surface area (Å²) in [5.74, 6) is 0. The van der Waals surface area contributed by atoms with Crippen LogP contribution in [-0.4, -0.2) is 70.6 Å². The number of morpholine rings is 1. The van der Waals surface area contributed by atoms with Crippen LogP contribution in [0.25, 0.3) is 11.2 Å². The van der Waals surface area contributed by atoms with E-state index in [0.29, 0.717) is 13.1 Å². The molecule has 0 radical (unpaired) electrons. The second kappa shape index (κ2) is 8.26. The number of carbonyl (C=O) groups excluding carboxylic acids is 1. The molecule has 0 atom stereocenters. The zero-order valence-electron chi connectivity index (χ0n) is 18.3. The highest BCUT2D eigenvalue weighted by atomic mass is 16.6. The Kier molecular flexibility index (Phi) is 5.69. The maximum absolute atomic E-state index is 12.4. The van der Waals surface area contributed by atoms with Crippen LogP contribution in [0.5, 0.6) is 0 Å². The molecular weight excluding hydrogens is 382 g/mol. The van der Waals surface area contributed by atoms with E-state index in [4.69, 9.17) is 14.5 Å². The van der Waals surface area contributed by atoms with Gasteiger partial charge in [-0.25, -0.2) is 14.3 Å². The number of amides is 1. The number of aryl methyl sites for hydroxylation is 1. The smallest absolute Gasteiger partial charge is 0.410 e. The number of hydrogen-bond acceptors (Lipinski definition) is 6. The molecule has 0 saturated carbocycles. The normalized spacial score (nSPS) is 17.9. The Labute approximate surface area is 177 Å². The van der Waals surface area contributed by atoms with E-state index >= 15 is 0 Å². The van der Waals surface area contributed by atoms with Gasteiger partial charge in [0.1, 0.15) is 5.60 Å². The molecule has 0 unspecified atom stereocenters. The highest BCUT2D eigenvalue weighted by molar-refractivity contribution is 5.77. The Balaban J connectivity index is 1.63. The molecule has 0 N–H and O–H groups in total. The summed E-state index contributed by atoms with van der Waals surface area (Å²) >= 11 is 0. The summed E-state index contributed by atoms with van der Waals surface area (Å²) in [6.07, 6.45) is 5.27. The van der Waals surface area contributed by atoms with Gasteiger partial charge in [0.05, 0.1) is 36.5 Å². The highest BCUT2D eigenvalue weighted by Crippen LogP contribution is 2.30. The molecule has 2 aliphatic rings. The number of nitrogens with zero attached hydrogens (tertiary/aromatic N) is 5. The Bertz CT molecular complexity index is 954. The minimum absolute atomic E-state index is 0.264. The maximum Gasteiger partial charge on any atom is 0.410 e. The second-order valence-electron chi connectivity index (χ2n) is 8.72. The molecule has 30 heavy (non-hydrogen) atoms. The van der Waals surface area contributed by atoms with E-state index in [9.17, 15) is 4.79 Å². The molecule has 162 valence electrons. The number of anilines is 1. The summed E-state index contributed by atoms with van der Waals surface area (Å²) in [5.41, 5.74) is 4.79. The van der Waals surface area contributed by atoms with Crippen molar-refractivity contribution in [2.24, 2.45) is 0 Å². The maximum atomic E-state index is 12.4. The Morgan fingerprint density at radius 3 is 2.63 bits per heavy atom. The number of aromatic nitrogens is 3. The first kappa shape index (κ1) is 20.7. The quantitative estimate of drug-likeness (QED) is 0.770. The number of fused-ring (bicyclic) bond motifs is 1. The molecule has 0 spiro atoms. The van der Waals surface area contributed by atoms with Crippen LogP contribution in [0.3, 0.4) is 0 Å². The van der Waals surface area contributed by atoms with E-state index in [1.165, 1.54) is 5.57 Å². The van der Waals surface area contributed by atoms with Gasteiger partial charge in [0.15, 0.2) is 5.65 Å². The fourth-order valence-corrected chi connectivity index (χ4v) is 3.98. The van der Waals surface area contributed by atoms with Crippen molar-refractivity contribution in [2.75, 3.05) is 44.3 Å². The first-order chi connectivity index (χ1) is 14.4. The van der Waals surface area contributed by atoms with Crippen LogP contribution in [0.15, 0.2) is 18.3 Å². The molecule has 2 aliphatic heterocycles. The van der Waals surface area contributed by atoms with E-state index in [-0.39, 0.29) is 6.09 Å². The van der Waals surface area contributed by atoms with Crippen LogP contribution < -0.4 is 4.90 Å². The summed E-state index contributed by atoms with van der Waals surface area (Å²) < 4.78 is 13.0. The van der Waals surface area contributed by atoms with Crippen molar-refractivity contribution in [3.05, 3.63) is 29.7 Å². The molecule has 1 saturated heterocycles. The van der Waals surface area contributed by atoms with Crippen molar-refractivity contribution >= 4 is 23.0 Å². The summed E-state index contributed by atoms with van der Waals surface area (Å²) in [5, 5.41) is 4.63. The number of carbonyl (C=O) groups is 1. The number of hydrogen-bond donors (Lipinski definition) is 0. The lowest BCUT2D eigenvalue weighted by Crippen LogP contribution is -2.39. The van der Waals surface area contributed by atoms with Crippen molar-refractivity contribution in [1.82, 2.24) is 19.5 Å². The summed E-state index contributed by atoms with van der Waals surface area (Å²) in [6, 6.07) is 2.04. The van der Waals surface area contributed by atoms with Gasteiger partial charge in [0.2, 0.25) is 0 Å². The predicted octanol–water partition coefficient (Wildman–Crippen LogP) is 3.15. The SMILES string of the molecule is CCc1nc2c(N3CCOCC3)ccnn2c1C1=CCN(C(=O)OC(C)(C)C)CC1. The van der Waals surface area contributed by atoms with Crippen molar-refractivity contribution in [3.8, 4) is 0 Å². The standard InChI is InChI=1S/C22H31N5O3/c1-5-17-19(16-7-10-26(11-8-16)21(28)30-22(2,3)4)27-20(24-17)18(6-9-23-27)25-12-14-29-15-13-25/h6-7,9H,5,8,10-15H2,1-4H3. The van der Waals surface area contributed by atoms with Crippen LogP contribution in [0, 0.1) is 0 Å². The minimum atomic E-state index is -0.488. The van der Waals surface area contributed by atoms with Gasteiger partial charge >= 0.3 is 6.09 Å². The average molecular weight is 414 g/mol. The van der Waals surface area contributed by atoms with Gasteiger partial charge in [0, 0.05) is 26.2 Å². The van der Waals surface area contributed by atoms with Gasteiger partial charge in [-0.05, 0) is 45.3 Å². The first-order valence-electron chi connectivity index (χ1n) is 10.7. The van der Waals surface area contributed by atoms with Gasteiger partial charge in [-0.3, -0.25) is 0 Å². The number of imidazole rings is 1. The van der Waals surface area contributed by atoms with Crippen molar-refractivity contribution in [1.29, 1.82) is 0 Å². The topological polar surface area (TPSA) is 72.2 Å². The van der Waals surface area contributed by atoms with E-state index in [2.05, 4.69) is 23.0 Å². The summed E-state index contributed by atoms with van der Waals surface area (Å²) in [6.45, 7) is 12.1. The van der Waals surface area contributed by atoms with E-state index < -0.39 is 5.60 Å². The molecular formula is C22H31N5O3. The molecule has 2 aromatic rings. The Morgan fingerprint density at radius 2 is 2.00 bits per heavy atom. The predicted molar refractivity (Wildman–Crippen MR) is 116 cm³/mol. The largest absolute Gasteiger partial charge is 0.444 e. The fourth-order valence-electron chi connectivity index (χ4n) is 3.98. The molecule has 4 rings (SSSR count). The van der Waals surface area contributed by atoms with Crippen LogP contribution >= 0.6 is 0 Å². The molecule has 2 aromatic heterocycles. The van der Waals surface area contributed by atoms with Gasteiger partial charge in [0.25, 0.3) is 0 Å². The molecule has 8 nitrogen and oxygen atoms in total. The Morgan fingerprint density at radius 1 is 1.23 bits per heavy atom. The molecule has 1 fully saturated rings. The third-order valence-electron chi connectivity index (χ3n) is 5.42. The third kappa shape index (κ3) is 4.14. The van der Waals surface area contributed by atoms with Crippen molar-refractivity contribution in [3.63, 3.8) is 0 Å². The lowest BCUT2D eigenvalue weighted by Gasteiger charge is -2.30. The van der Waals surface area contributed by atoms with E-state index in [1.54, 1.807) is 4.90 Å². The lowest BCUT2D eigenvalue weighted by molar-refractivity contribution is 0.0270. The monoisotopic (exact) mass is 413 g/mol. The fraction of sp³-hybridized carbons (Fsp3) is 0.591. The number of ether oxygens (including phenoxy) is 2. The minimum Gasteiger partial charge on any atom is -0.444 e. The molecule has 0 bridgehead atoms. The van der Waals surface area contributed by atoms with Crippen molar-refractivity contribution in [2.45, 2.75) is 46.1 Å². The molecule has 8 heteroatoms. The van der Waals surface area contributed by atoms with E-state index in [0.717, 1.165) is 61.9 Å². The van der Waals surface area contributed by atoms with Crippen LogP contribution in [0.1, 0.15) is 45.5 Å². The van der Waals surface area contributed by atoms with Crippen LogP contribution in [-0.2, 0) is 15.9 Å². The van der Waals surface area contributed by atoms with E-state index in [1.807, 2.05) is 37.5 Å². The Hall–Kier alpha value is -2.61. The highest BCUT2D eigenvalue weighted by Gasteiger charge is 2.27. The molecule has 1 amide bonds. The third-order valence-corrected chi connectivity index (χ3v) is 5.42. The van der Waals surface area contributed by atoms with Crippen LogP contribution in [0.4, 0.5) is 10.5 Å². The lowest BCUT2D eigenvalue weighted by atomic mass is 10.0. The van der Waals surface area contributed by atoms with Gasteiger partial charge in [-0.15, -0.1) is 0 Å².